The summed E-state index contributed by atoms with van der Waals surface area (Å²) >= 11 is 0. The molecule has 0 unspecified atom stereocenters. The van der Waals surface area contributed by atoms with Gasteiger partial charge in [0, 0.05) is 29.7 Å². The number of rotatable bonds is 7. The lowest BCUT2D eigenvalue weighted by Gasteiger charge is -2.32. The summed E-state index contributed by atoms with van der Waals surface area (Å²) in [5, 5.41) is 1.27. The van der Waals surface area contributed by atoms with Crippen LogP contribution in [0.5, 0.6) is 11.5 Å². The maximum Gasteiger partial charge on any atom is 0.231 e. The first-order chi connectivity index (χ1) is 14.3. The van der Waals surface area contributed by atoms with Crippen molar-refractivity contribution < 1.29 is 9.47 Å². The van der Waals surface area contributed by atoms with Crippen LogP contribution in [0.2, 0.25) is 0 Å². The molecule has 3 aromatic rings. The van der Waals surface area contributed by atoms with Crippen LogP contribution in [0.3, 0.4) is 0 Å². The van der Waals surface area contributed by atoms with Crippen LogP contribution in [0.4, 0.5) is 0 Å². The molecule has 1 fully saturated rings. The second kappa shape index (κ2) is 8.50. The van der Waals surface area contributed by atoms with Crippen LogP contribution in [0.1, 0.15) is 36.8 Å². The van der Waals surface area contributed by atoms with Crippen LogP contribution >= 0.6 is 0 Å². The summed E-state index contributed by atoms with van der Waals surface area (Å²) in [6.07, 6.45) is 9.68. The average molecular weight is 391 g/mol. The van der Waals surface area contributed by atoms with Crippen LogP contribution < -0.4 is 9.47 Å². The fraction of sp³-hybridized carbons (Fsp3) is 0.440. The van der Waals surface area contributed by atoms with E-state index in [9.17, 15) is 0 Å². The van der Waals surface area contributed by atoms with E-state index in [0.29, 0.717) is 6.79 Å². The van der Waals surface area contributed by atoms with Crippen molar-refractivity contribution in [3.63, 3.8) is 0 Å². The van der Waals surface area contributed by atoms with E-state index in [0.717, 1.165) is 29.4 Å². The molecule has 152 valence electrons. The fourth-order valence-corrected chi connectivity index (χ4v) is 4.90. The molecule has 1 atom stereocenters. The average Bonchev–Trinajstić information content (AvgIpc) is 3.37. The molecule has 29 heavy (non-hydrogen) atoms. The maximum absolute atomic E-state index is 5.55. The predicted molar refractivity (Wildman–Crippen MR) is 117 cm³/mol. The van der Waals surface area contributed by atoms with Crippen LogP contribution in [0.15, 0.2) is 48.7 Å². The third-order valence-corrected chi connectivity index (χ3v) is 6.40. The first kappa shape index (κ1) is 18.6. The molecule has 0 spiro atoms. The first-order valence-corrected chi connectivity index (χ1v) is 11.0. The highest BCUT2D eigenvalue weighted by Crippen LogP contribution is 2.37. The number of piperidine rings is 1. The monoisotopic (exact) mass is 390 g/mol. The number of benzene rings is 2. The largest absolute Gasteiger partial charge is 0.454 e. The van der Waals surface area contributed by atoms with Crippen LogP contribution in [-0.2, 0) is 12.8 Å². The number of aryl methyl sites for hydroxylation is 1. The van der Waals surface area contributed by atoms with E-state index < -0.39 is 0 Å². The van der Waals surface area contributed by atoms with Crippen molar-refractivity contribution in [3.8, 4) is 11.5 Å². The van der Waals surface area contributed by atoms with E-state index in [-0.39, 0.29) is 0 Å². The Morgan fingerprint density at radius 1 is 1.03 bits per heavy atom. The van der Waals surface area contributed by atoms with Gasteiger partial charge in [-0.25, -0.2) is 0 Å². The lowest BCUT2D eigenvalue weighted by atomic mass is 9.91. The summed E-state index contributed by atoms with van der Waals surface area (Å²) in [7, 11) is 0. The van der Waals surface area contributed by atoms with Gasteiger partial charge in [0.25, 0.3) is 0 Å². The van der Waals surface area contributed by atoms with Gasteiger partial charge in [0.2, 0.25) is 6.79 Å². The minimum Gasteiger partial charge on any atom is -0.454 e. The van der Waals surface area contributed by atoms with E-state index in [1.807, 2.05) is 0 Å². The molecule has 4 nitrogen and oxygen atoms in total. The van der Waals surface area contributed by atoms with E-state index in [2.05, 4.69) is 58.5 Å². The Morgan fingerprint density at radius 3 is 2.79 bits per heavy atom. The summed E-state index contributed by atoms with van der Waals surface area (Å²) in [4.78, 5) is 6.08. The molecule has 1 aromatic heterocycles. The van der Waals surface area contributed by atoms with Gasteiger partial charge in [-0.2, -0.15) is 0 Å². The number of hydrogen-bond acceptors (Lipinski definition) is 3. The number of likely N-dealkylation sites (tertiary alicyclic amines) is 1. The number of H-pyrrole nitrogens is 1. The van der Waals surface area contributed by atoms with Crippen LogP contribution in [0, 0.1) is 5.92 Å². The Balaban J connectivity index is 1.11. The van der Waals surface area contributed by atoms with Crippen LogP contribution in [0.25, 0.3) is 10.9 Å². The van der Waals surface area contributed by atoms with Crippen molar-refractivity contribution in [2.45, 2.75) is 38.5 Å². The minimum absolute atomic E-state index is 0.332. The number of hydrogen-bond donors (Lipinski definition) is 1. The van der Waals surface area contributed by atoms with E-state index in [1.54, 1.807) is 0 Å². The van der Waals surface area contributed by atoms with Gasteiger partial charge in [0.05, 0.1) is 0 Å². The van der Waals surface area contributed by atoms with Gasteiger partial charge < -0.3 is 19.4 Å². The molecule has 0 saturated carbocycles. The Kier molecular flexibility index (Phi) is 5.44. The van der Waals surface area contributed by atoms with Gasteiger partial charge in [-0.15, -0.1) is 0 Å². The second-order valence-corrected chi connectivity index (χ2v) is 8.52. The Bertz CT molecular complexity index is 950. The zero-order chi connectivity index (χ0) is 19.5. The quantitative estimate of drug-likeness (QED) is 0.565. The van der Waals surface area contributed by atoms with Crippen molar-refractivity contribution in [2.24, 2.45) is 5.92 Å². The zero-order valence-electron chi connectivity index (χ0n) is 17.0. The molecule has 4 heteroatoms. The Morgan fingerprint density at radius 2 is 1.90 bits per heavy atom. The zero-order valence-corrected chi connectivity index (χ0v) is 17.0. The highest BCUT2D eigenvalue weighted by atomic mass is 16.7. The molecule has 0 amide bonds. The molecular weight excluding hydrogens is 360 g/mol. The number of nitrogens with zero attached hydrogens (tertiary/aromatic N) is 1. The minimum atomic E-state index is 0.332. The number of aromatic amines is 1. The lowest BCUT2D eigenvalue weighted by Crippen LogP contribution is -2.36. The third kappa shape index (κ3) is 4.27. The topological polar surface area (TPSA) is 37.5 Å². The molecule has 0 aliphatic carbocycles. The fourth-order valence-electron chi connectivity index (χ4n) is 4.90. The Hall–Kier alpha value is -2.46. The van der Waals surface area contributed by atoms with Gasteiger partial charge >= 0.3 is 0 Å². The summed E-state index contributed by atoms with van der Waals surface area (Å²) in [5.74, 6) is 2.53. The van der Waals surface area contributed by atoms with Gasteiger partial charge in [-0.1, -0.05) is 30.3 Å². The molecule has 5 rings (SSSR count). The second-order valence-electron chi connectivity index (χ2n) is 8.52. The highest BCUT2D eigenvalue weighted by molar-refractivity contribution is 5.86. The molecule has 1 saturated heterocycles. The molecular formula is C25H30N2O2. The van der Waals surface area contributed by atoms with E-state index >= 15 is 0 Å². The van der Waals surface area contributed by atoms with Crippen molar-refractivity contribution in [1.29, 1.82) is 0 Å². The number of fused-ring (bicyclic) bond motifs is 2. The molecule has 3 heterocycles. The van der Waals surface area contributed by atoms with Gasteiger partial charge in [-0.05, 0) is 74.7 Å². The maximum atomic E-state index is 5.55. The number of unbranched alkanes of at least 4 members (excludes halogenated alkanes) is 1. The van der Waals surface area contributed by atoms with Crippen molar-refractivity contribution in [1.82, 2.24) is 9.88 Å². The van der Waals surface area contributed by atoms with Gasteiger partial charge in [-0.3, -0.25) is 0 Å². The molecule has 1 N–H and O–H groups in total. The third-order valence-electron chi connectivity index (χ3n) is 6.40. The van der Waals surface area contributed by atoms with Crippen LogP contribution in [-0.4, -0.2) is 36.3 Å². The van der Waals surface area contributed by atoms with Gasteiger partial charge in [0.15, 0.2) is 11.5 Å². The van der Waals surface area contributed by atoms with Gasteiger partial charge in [0.1, 0.15) is 0 Å². The Labute approximate surface area is 172 Å². The van der Waals surface area contributed by atoms with E-state index in [1.165, 1.54) is 68.3 Å². The normalized spacial score (nSPS) is 19.1. The summed E-state index contributed by atoms with van der Waals surface area (Å²) < 4.78 is 11.0. The SMILES string of the molecule is c1ccc(C[C@H]2CCCN(CCCCc3c[nH]c4cc5c(cc34)OCO5)C2)cc1. The number of aromatic nitrogens is 1. The summed E-state index contributed by atoms with van der Waals surface area (Å²) in [6.45, 7) is 4.08. The first-order valence-electron chi connectivity index (χ1n) is 11.0. The molecule has 0 bridgehead atoms. The molecule has 0 radical (unpaired) electrons. The summed E-state index contributed by atoms with van der Waals surface area (Å²) in [5.41, 5.74) is 4.02. The molecule has 2 aliphatic rings. The highest BCUT2D eigenvalue weighted by Gasteiger charge is 2.20. The standard InChI is InChI=1S/C25H30N2O2/c1-2-7-19(8-3-1)13-20-9-6-12-27(17-20)11-5-4-10-21-16-26-23-15-25-24(14-22(21)23)28-18-29-25/h1-3,7-8,14-16,20,26H,4-6,9-13,17-18H2/t20-/m1/s1. The lowest BCUT2D eigenvalue weighted by molar-refractivity contribution is 0.171. The van der Waals surface area contributed by atoms with Crippen molar-refractivity contribution >= 4 is 10.9 Å². The van der Waals surface area contributed by atoms with Crippen molar-refractivity contribution in [3.05, 3.63) is 59.8 Å². The number of nitrogens with one attached hydrogen (secondary N) is 1. The van der Waals surface area contributed by atoms with E-state index in [4.69, 9.17) is 9.47 Å². The van der Waals surface area contributed by atoms with Crippen molar-refractivity contribution in [2.75, 3.05) is 26.4 Å². The smallest absolute Gasteiger partial charge is 0.231 e. The molecule has 2 aliphatic heterocycles. The predicted octanol–water partition coefficient (Wildman–Crippen LogP) is 5.17. The summed E-state index contributed by atoms with van der Waals surface area (Å²) in [6, 6.07) is 15.2. The molecule has 2 aromatic carbocycles. The number of ether oxygens (including phenoxy) is 2.